The van der Waals surface area contributed by atoms with Crippen LogP contribution in [0.4, 0.5) is 22.8 Å². The van der Waals surface area contributed by atoms with Gasteiger partial charge >= 0.3 is 18.4 Å². The summed E-state index contributed by atoms with van der Waals surface area (Å²) in [5, 5.41) is 5.14. The van der Waals surface area contributed by atoms with Gasteiger partial charge in [0.05, 0.1) is 43.1 Å². The van der Waals surface area contributed by atoms with Gasteiger partial charge in [-0.1, -0.05) is 62.4 Å². The van der Waals surface area contributed by atoms with Crippen LogP contribution in [0.25, 0.3) is 5.57 Å². The average molecular weight is 825 g/mol. The minimum absolute atomic E-state index is 0.191. The van der Waals surface area contributed by atoms with Gasteiger partial charge in [0.15, 0.2) is 0 Å². The molecule has 4 N–H and O–H groups in total. The Hall–Kier alpha value is -5.65. The molecule has 1 aromatic carbocycles. The molecule has 3 aromatic rings. The number of carbonyl (C=O) groups excluding carboxylic acids is 4. The predicted octanol–water partition coefficient (Wildman–Crippen LogP) is 5.86. The van der Waals surface area contributed by atoms with E-state index < -0.39 is 61.0 Å². The fraction of sp³-hybridized carbons (Fsp3) is 0.512. The Morgan fingerprint density at radius 3 is 1.98 bits per heavy atom. The molecule has 4 amide bonds. The van der Waals surface area contributed by atoms with Crippen molar-refractivity contribution in [2.75, 3.05) is 40.5 Å². The molecule has 318 valence electrons. The Labute approximate surface area is 340 Å². The average Bonchev–Trinajstić information content (AvgIpc) is 4.07. The second kappa shape index (κ2) is 18.5. The summed E-state index contributed by atoms with van der Waals surface area (Å²) in [7, 11) is 2.39. The number of halogens is 3. The number of nitrogens with one attached hydrogen (secondary N) is 4. The van der Waals surface area contributed by atoms with E-state index in [9.17, 15) is 32.3 Å². The van der Waals surface area contributed by atoms with Crippen LogP contribution in [0.15, 0.2) is 61.0 Å². The van der Waals surface area contributed by atoms with E-state index in [1.54, 1.807) is 22.2 Å². The molecule has 59 heavy (non-hydrogen) atoms. The molecule has 2 saturated heterocycles. The number of methoxy groups -OCH3 is 2. The smallest absolute Gasteiger partial charge is 0.411 e. The molecule has 0 bridgehead atoms. The predicted molar refractivity (Wildman–Crippen MR) is 208 cm³/mol. The zero-order valence-electron chi connectivity index (χ0n) is 33.5. The lowest BCUT2D eigenvalue weighted by atomic mass is 9.74. The first-order chi connectivity index (χ1) is 28.2. The molecule has 0 spiro atoms. The minimum atomic E-state index is -4.54. The molecule has 5 atom stereocenters. The number of allylic oxidation sites excluding steroid dienone is 4. The number of aromatic amines is 2. The largest absolute Gasteiger partial charge is 0.453 e. The van der Waals surface area contributed by atoms with E-state index in [-0.39, 0.29) is 24.3 Å². The molecule has 6 rings (SSSR count). The summed E-state index contributed by atoms with van der Waals surface area (Å²) >= 11 is 0. The number of likely N-dealkylation sites (tertiary alicyclic amines) is 2. The lowest BCUT2D eigenvalue weighted by molar-refractivity contribution is -0.174. The summed E-state index contributed by atoms with van der Waals surface area (Å²) in [6.45, 7) is 2.66. The topological polar surface area (TPSA) is 184 Å². The summed E-state index contributed by atoms with van der Waals surface area (Å²) < 4.78 is 52.4. The normalized spacial score (nSPS) is 21.6. The molecule has 0 saturated carbocycles. The van der Waals surface area contributed by atoms with E-state index in [4.69, 9.17) is 24.2 Å². The second-order valence-corrected chi connectivity index (χ2v) is 15.3. The van der Waals surface area contributed by atoms with Crippen LogP contribution in [0.2, 0.25) is 0 Å². The molecular formula is C41H51F3N8O7. The lowest BCUT2D eigenvalue weighted by Crippen LogP contribution is -2.51. The van der Waals surface area contributed by atoms with E-state index in [2.05, 4.69) is 32.8 Å². The molecule has 0 radical (unpaired) electrons. The Kier molecular flexibility index (Phi) is 13.5. The van der Waals surface area contributed by atoms with Gasteiger partial charge in [-0.05, 0) is 49.2 Å². The number of H-pyrrole nitrogens is 2. The monoisotopic (exact) mass is 824 g/mol. The van der Waals surface area contributed by atoms with Crippen molar-refractivity contribution in [2.45, 2.75) is 88.1 Å². The Morgan fingerprint density at radius 2 is 1.46 bits per heavy atom. The highest BCUT2D eigenvalue weighted by Gasteiger charge is 2.42. The van der Waals surface area contributed by atoms with Gasteiger partial charge in [0, 0.05) is 38.5 Å². The zero-order chi connectivity index (χ0) is 42.3. The van der Waals surface area contributed by atoms with Crippen LogP contribution in [-0.2, 0) is 29.2 Å². The van der Waals surface area contributed by atoms with E-state index in [0.717, 1.165) is 30.4 Å². The Balaban J connectivity index is 1.29. The van der Waals surface area contributed by atoms with Crippen molar-refractivity contribution in [3.05, 3.63) is 89.6 Å². The van der Waals surface area contributed by atoms with E-state index in [1.807, 2.05) is 50.3 Å². The van der Waals surface area contributed by atoms with Gasteiger partial charge in [-0.15, -0.1) is 0 Å². The van der Waals surface area contributed by atoms with Gasteiger partial charge in [-0.25, -0.2) is 19.6 Å². The fourth-order valence-electron chi connectivity index (χ4n) is 8.05. The number of hydrogen-bond acceptors (Lipinski definition) is 9. The maximum Gasteiger partial charge on any atom is 0.411 e. The van der Waals surface area contributed by atoms with Crippen molar-refractivity contribution in [3.63, 3.8) is 0 Å². The van der Waals surface area contributed by atoms with Crippen LogP contribution < -0.4 is 10.6 Å². The van der Waals surface area contributed by atoms with E-state index in [1.165, 1.54) is 7.11 Å². The number of imidazole rings is 2. The first-order valence-electron chi connectivity index (χ1n) is 19.7. The first kappa shape index (κ1) is 42.9. The number of alkyl carbamates (subject to hydrolysis) is 2. The highest BCUT2D eigenvalue weighted by Crippen LogP contribution is 2.43. The summed E-state index contributed by atoms with van der Waals surface area (Å²) in [6, 6.07) is 7.11. The minimum Gasteiger partial charge on any atom is -0.453 e. The zero-order valence-corrected chi connectivity index (χ0v) is 33.5. The summed E-state index contributed by atoms with van der Waals surface area (Å²) in [6.07, 6.45) is 6.56. The van der Waals surface area contributed by atoms with Crippen molar-refractivity contribution in [1.82, 2.24) is 40.4 Å². The number of rotatable bonds is 14. The van der Waals surface area contributed by atoms with Crippen molar-refractivity contribution < 1.29 is 46.6 Å². The van der Waals surface area contributed by atoms with Crippen LogP contribution in [0, 0.1) is 5.92 Å². The molecular weight excluding hydrogens is 773 g/mol. The Morgan fingerprint density at radius 1 is 0.881 bits per heavy atom. The van der Waals surface area contributed by atoms with Crippen LogP contribution >= 0.6 is 0 Å². The van der Waals surface area contributed by atoms with Crippen molar-refractivity contribution in [3.8, 4) is 0 Å². The molecule has 5 unspecified atom stereocenters. The molecule has 1 aliphatic carbocycles. The molecule has 15 nitrogen and oxygen atoms in total. The van der Waals surface area contributed by atoms with Crippen LogP contribution in [0.1, 0.15) is 93.1 Å². The summed E-state index contributed by atoms with van der Waals surface area (Å²) in [4.78, 5) is 72.1. The van der Waals surface area contributed by atoms with Crippen LogP contribution in [-0.4, -0.2) is 113 Å². The molecule has 2 aliphatic heterocycles. The van der Waals surface area contributed by atoms with Gasteiger partial charge in [-0.3, -0.25) is 9.59 Å². The first-order valence-corrected chi connectivity index (χ1v) is 19.7. The highest BCUT2D eigenvalue weighted by atomic mass is 19.4. The fourth-order valence-corrected chi connectivity index (χ4v) is 8.05. The quantitative estimate of drug-likeness (QED) is 0.145. The number of nitrogens with zero attached hydrogens (tertiary/aromatic N) is 4. The number of hydrogen-bond donors (Lipinski definition) is 4. The van der Waals surface area contributed by atoms with Crippen molar-refractivity contribution >= 4 is 29.6 Å². The van der Waals surface area contributed by atoms with Crippen LogP contribution in [0.3, 0.4) is 0 Å². The van der Waals surface area contributed by atoms with Gasteiger partial charge < -0.3 is 44.6 Å². The van der Waals surface area contributed by atoms with Gasteiger partial charge in [0.25, 0.3) is 0 Å². The van der Waals surface area contributed by atoms with E-state index >= 15 is 0 Å². The second-order valence-electron chi connectivity index (χ2n) is 15.3. The number of alkyl halides is 3. The van der Waals surface area contributed by atoms with Crippen LogP contribution in [0.5, 0.6) is 0 Å². The van der Waals surface area contributed by atoms with E-state index in [0.29, 0.717) is 56.1 Å². The third kappa shape index (κ3) is 9.80. The SMILES string of the molecule is COC(=O)NC(CCOCC(F)(F)F)C(=O)N1CCCC1c1ncc(C2(c3cnc(C4CCCN4C(=O)C(NC(=O)OC)C(C)C)[nH]3)C=CC(c3ccccc3)=CC2)[nH]1. The standard InChI is InChI=1S/C41H51F3N8O7/c1-25(2)33(50-39(56)58-4)37(54)52-20-9-13-30(52)35-46-23-32(49-35)40(17-14-27(15-18-40)26-10-6-5-7-11-26)31-22-45-34(48-31)29-12-8-19-51(29)36(53)28(47-38(55)57-3)16-21-59-24-41(42,43)44/h5-7,10-11,14-15,17,22-23,25,28-30,33H,8-9,12-13,16,18-21,24H2,1-4H3,(H,45,48)(H,46,49)(H,47,55)(H,50,56). The number of ether oxygens (including phenoxy) is 3. The summed E-state index contributed by atoms with van der Waals surface area (Å²) in [5.74, 6) is 0.202. The highest BCUT2D eigenvalue weighted by molar-refractivity contribution is 5.87. The number of aromatic nitrogens is 4. The summed E-state index contributed by atoms with van der Waals surface area (Å²) in [5.41, 5.74) is 2.71. The lowest BCUT2D eigenvalue weighted by Gasteiger charge is -2.32. The number of amides is 4. The van der Waals surface area contributed by atoms with Gasteiger partial charge in [0.1, 0.15) is 30.3 Å². The molecule has 4 heterocycles. The maximum absolute atomic E-state index is 13.9. The number of carbonyl (C=O) groups is 4. The van der Waals surface area contributed by atoms with Crippen molar-refractivity contribution in [1.29, 1.82) is 0 Å². The van der Waals surface area contributed by atoms with Gasteiger partial charge in [-0.2, -0.15) is 13.2 Å². The molecule has 18 heteroatoms. The van der Waals surface area contributed by atoms with Crippen molar-refractivity contribution in [2.24, 2.45) is 5.92 Å². The third-order valence-electron chi connectivity index (χ3n) is 11.1. The molecule has 2 aromatic heterocycles. The van der Waals surface area contributed by atoms with Gasteiger partial charge in [0.2, 0.25) is 11.8 Å². The Bertz CT molecular complexity index is 2020. The maximum atomic E-state index is 13.9. The molecule has 3 aliphatic rings. The number of benzene rings is 1. The molecule has 2 fully saturated rings. The third-order valence-corrected chi connectivity index (χ3v) is 11.1.